The first-order valence-corrected chi connectivity index (χ1v) is 5.16. The van der Waals surface area contributed by atoms with Crippen LogP contribution in [0.5, 0.6) is 0 Å². The zero-order valence-electron chi connectivity index (χ0n) is 9.96. The average molecular weight is 196 g/mol. The second-order valence-electron chi connectivity index (χ2n) is 5.23. The van der Waals surface area contributed by atoms with E-state index in [-0.39, 0.29) is 5.41 Å². The molecule has 1 aromatic rings. The van der Waals surface area contributed by atoms with E-state index in [9.17, 15) is 0 Å². The second-order valence-corrected chi connectivity index (χ2v) is 5.23. The summed E-state index contributed by atoms with van der Waals surface area (Å²) >= 11 is 0. The van der Waals surface area contributed by atoms with Gasteiger partial charge in [0.15, 0.2) is 0 Å². The third kappa shape index (κ3) is 2.34. The summed E-state index contributed by atoms with van der Waals surface area (Å²) in [5, 5.41) is 8.16. The van der Waals surface area contributed by atoms with Crippen molar-refractivity contribution in [3.63, 3.8) is 0 Å². The Bertz CT molecular complexity index is 296. The van der Waals surface area contributed by atoms with Gasteiger partial charge in [-0.3, -0.25) is 0 Å². The van der Waals surface area contributed by atoms with Gasteiger partial charge in [0.2, 0.25) is 11.8 Å². The Kier molecular flexibility index (Phi) is 2.98. The predicted octanol–water partition coefficient (Wildman–Crippen LogP) is 3.13. The topological polar surface area (TPSA) is 38.9 Å². The van der Waals surface area contributed by atoms with Crippen molar-refractivity contribution < 1.29 is 4.42 Å². The van der Waals surface area contributed by atoms with Crippen molar-refractivity contribution in [2.45, 2.75) is 52.9 Å². The quantitative estimate of drug-likeness (QED) is 0.729. The summed E-state index contributed by atoms with van der Waals surface area (Å²) in [5.41, 5.74) is -0.0536. The van der Waals surface area contributed by atoms with Crippen LogP contribution in [0.4, 0.5) is 0 Å². The Morgan fingerprint density at radius 1 is 1.07 bits per heavy atom. The molecule has 0 aliphatic rings. The van der Waals surface area contributed by atoms with Crippen molar-refractivity contribution >= 4 is 0 Å². The summed E-state index contributed by atoms with van der Waals surface area (Å²) in [5.74, 6) is 2.34. The van der Waals surface area contributed by atoms with Gasteiger partial charge in [-0.15, -0.1) is 10.2 Å². The molecule has 0 amide bonds. The first-order valence-electron chi connectivity index (χ1n) is 5.16. The van der Waals surface area contributed by atoms with Crippen LogP contribution in [-0.4, -0.2) is 10.2 Å². The lowest BCUT2D eigenvalue weighted by atomic mass is 9.97. The fraction of sp³-hybridized carbons (Fsp3) is 0.818. The molecule has 0 saturated carbocycles. The minimum absolute atomic E-state index is 0.0536. The van der Waals surface area contributed by atoms with Gasteiger partial charge in [-0.05, 0) is 5.92 Å². The number of aromatic nitrogens is 2. The Morgan fingerprint density at radius 3 is 2.00 bits per heavy atom. The van der Waals surface area contributed by atoms with Gasteiger partial charge < -0.3 is 4.42 Å². The van der Waals surface area contributed by atoms with Crippen molar-refractivity contribution in [1.29, 1.82) is 0 Å². The maximum absolute atomic E-state index is 5.65. The molecule has 0 radical (unpaired) electrons. The summed E-state index contributed by atoms with van der Waals surface area (Å²) < 4.78 is 5.65. The number of hydrogen-bond donors (Lipinski definition) is 0. The first kappa shape index (κ1) is 11.2. The van der Waals surface area contributed by atoms with Crippen LogP contribution < -0.4 is 0 Å². The van der Waals surface area contributed by atoms with Crippen LogP contribution >= 0.6 is 0 Å². The maximum Gasteiger partial charge on any atom is 0.221 e. The Hall–Kier alpha value is -0.860. The second kappa shape index (κ2) is 3.71. The van der Waals surface area contributed by atoms with Crippen molar-refractivity contribution in [1.82, 2.24) is 10.2 Å². The Morgan fingerprint density at radius 2 is 1.64 bits per heavy atom. The highest BCUT2D eigenvalue weighted by atomic mass is 16.4. The van der Waals surface area contributed by atoms with E-state index < -0.39 is 0 Å². The molecule has 0 aromatic carbocycles. The molecule has 80 valence electrons. The molecular formula is C11H20N2O. The fourth-order valence-corrected chi connectivity index (χ4v) is 1.01. The van der Waals surface area contributed by atoms with Gasteiger partial charge >= 0.3 is 0 Å². The van der Waals surface area contributed by atoms with Gasteiger partial charge in [0.25, 0.3) is 0 Å². The molecule has 1 heterocycles. The molecule has 3 heteroatoms. The SMILES string of the molecule is CC(C)[C@H](C)c1nnc(C(C)(C)C)o1. The predicted molar refractivity (Wildman–Crippen MR) is 56.3 cm³/mol. The van der Waals surface area contributed by atoms with Gasteiger partial charge in [0.05, 0.1) is 0 Å². The highest BCUT2D eigenvalue weighted by molar-refractivity contribution is 4.98. The molecule has 1 aromatic heterocycles. The summed E-state index contributed by atoms with van der Waals surface area (Å²) in [6, 6.07) is 0. The van der Waals surface area contributed by atoms with Gasteiger partial charge in [-0.1, -0.05) is 41.5 Å². The van der Waals surface area contributed by atoms with Crippen LogP contribution in [0.15, 0.2) is 4.42 Å². The molecule has 1 rings (SSSR count). The Labute approximate surface area is 85.9 Å². The summed E-state index contributed by atoms with van der Waals surface area (Å²) in [4.78, 5) is 0. The highest BCUT2D eigenvalue weighted by Crippen LogP contribution is 2.26. The Balaban J connectivity index is 2.89. The number of hydrogen-bond acceptors (Lipinski definition) is 3. The number of rotatable bonds is 2. The van der Waals surface area contributed by atoms with Gasteiger partial charge in [0.1, 0.15) is 0 Å². The van der Waals surface area contributed by atoms with Gasteiger partial charge in [-0.2, -0.15) is 0 Å². The normalized spacial score (nSPS) is 14.8. The first-order chi connectivity index (χ1) is 6.32. The minimum Gasteiger partial charge on any atom is -0.424 e. The molecule has 0 N–H and O–H groups in total. The monoisotopic (exact) mass is 196 g/mol. The summed E-state index contributed by atoms with van der Waals surface area (Å²) in [6.45, 7) is 12.7. The van der Waals surface area contributed by atoms with E-state index in [2.05, 4.69) is 51.7 Å². The largest absolute Gasteiger partial charge is 0.424 e. The lowest BCUT2D eigenvalue weighted by Gasteiger charge is -2.13. The van der Waals surface area contributed by atoms with Crippen LogP contribution in [0.3, 0.4) is 0 Å². The zero-order valence-corrected chi connectivity index (χ0v) is 9.96. The van der Waals surface area contributed by atoms with E-state index in [0.29, 0.717) is 11.8 Å². The molecule has 0 aliphatic heterocycles. The van der Waals surface area contributed by atoms with Crippen LogP contribution in [-0.2, 0) is 5.41 Å². The number of nitrogens with zero attached hydrogens (tertiary/aromatic N) is 2. The molecular weight excluding hydrogens is 176 g/mol. The molecule has 0 saturated heterocycles. The molecule has 3 nitrogen and oxygen atoms in total. The van der Waals surface area contributed by atoms with Crippen molar-refractivity contribution in [2.24, 2.45) is 5.92 Å². The van der Waals surface area contributed by atoms with E-state index in [1.807, 2.05) is 0 Å². The van der Waals surface area contributed by atoms with Crippen molar-refractivity contribution in [3.8, 4) is 0 Å². The summed E-state index contributed by atoms with van der Waals surface area (Å²) in [6.07, 6.45) is 0. The molecule has 0 bridgehead atoms. The molecule has 14 heavy (non-hydrogen) atoms. The smallest absolute Gasteiger partial charge is 0.221 e. The highest BCUT2D eigenvalue weighted by Gasteiger charge is 2.24. The summed E-state index contributed by atoms with van der Waals surface area (Å²) in [7, 11) is 0. The van der Waals surface area contributed by atoms with E-state index in [4.69, 9.17) is 4.42 Å². The van der Waals surface area contributed by atoms with E-state index in [1.165, 1.54) is 0 Å². The van der Waals surface area contributed by atoms with Crippen molar-refractivity contribution in [2.75, 3.05) is 0 Å². The third-order valence-corrected chi connectivity index (χ3v) is 2.47. The van der Waals surface area contributed by atoms with Crippen LogP contribution in [0.1, 0.15) is 59.2 Å². The fourth-order valence-electron chi connectivity index (χ4n) is 1.01. The van der Waals surface area contributed by atoms with Crippen LogP contribution in [0.2, 0.25) is 0 Å². The van der Waals surface area contributed by atoms with E-state index in [0.717, 1.165) is 11.8 Å². The van der Waals surface area contributed by atoms with E-state index in [1.54, 1.807) is 0 Å². The molecule has 0 aliphatic carbocycles. The minimum atomic E-state index is -0.0536. The molecule has 0 spiro atoms. The zero-order chi connectivity index (χ0) is 10.9. The lowest BCUT2D eigenvalue weighted by Crippen LogP contribution is -2.11. The van der Waals surface area contributed by atoms with Crippen LogP contribution in [0.25, 0.3) is 0 Å². The standard InChI is InChI=1S/C11H20N2O/c1-7(2)8(3)9-12-13-10(14-9)11(4,5)6/h7-8H,1-6H3/t8-/m0/s1. The molecule has 0 fully saturated rings. The average Bonchev–Trinajstić information content (AvgIpc) is 2.49. The van der Waals surface area contributed by atoms with E-state index >= 15 is 0 Å². The van der Waals surface area contributed by atoms with Crippen LogP contribution in [0, 0.1) is 5.92 Å². The maximum atomic E-state index is 5.65. The molecule has 0 unspecified atom stereocenters. The third-order valence-electron chi connectivity index (χ3n) is 2.47. The van der Waals surface area contributed by atoms with Gasteiger partial charge in [0, 0.05) is 11.3 Å². The lowest BCUT2D eigenvalue weighted by molar-refractivity contribution is 0.339. The van der Waals surface area contributed by atoms with Gasteiger partial charge in [-0.25, -0.2) is 0 Å². The molecule has 1 atom stereocenters. The van der Waals surface area contributed by atoms with Crippen molar-refractivity contribution in [3.05, 3.63) is 11.8 Å².